The summed E-state index contributed by atoms with van der Waals surface area (Å²) in [7, 11) is 0. The summed E-state index contributed by atoms with van der Waals surface area (Å²) in [5, 5.41) is 0. The van der Waals surface area contributed by atoms with Crippen molar-refractivity contribution in [1.29, 1.82) is 0 Å². The fraction of sp³-hybridized carbons (Fsp3) is 0.625. The molecule has 0 aliphatic carbocycles. The Balaban J connectivity index is 2.16. The molecule has 1 aromatic carbocycles. The van der Waals surface area contributed by atoms with Gasteiger partial charge in [0.05, 0.1) is 6.10 Å². The van der Waals surface area contributed by atoms with E-state index in [9.17, 15) is 4.39 Å². The number of nitrogens with zero attached hydrogens (tertiary/aromatic N) is 1. The lowest BCUT2D eigenvalue weighted by atomic mass is 10.0. The first-order valence-electron chi connectivity index (χ1n) is 7.54. The predicted octanol–water partition coefficient (Wildman–Crippen LogP) is 3.24. The molecule has 2 rings (SSSR count). The molecule has 4 heteroatoms. The van der Waals surface area contributed by atoms with Gasteiger partial charge in [0.15, 0.2) is 0 Å². The fourth-order valence-electron chi connectivity index (χ4n) is 2.83. The zero-order valence-corrected chi connectivity index (χ0v) is 12.4. The number of hydrogen-bond donors (Lipinski definition) is 1. The predicted molar refractivity (Wildman–Crippen MR) is 80.5 cm³/mol. The van der Waals surface area contributed by atoms with Gasteiger partial charge in [-0.25, -0.2) is 4.39 Å². The lowest BCUT2D eigenvalue weighted by Crippen LogP contribution is -2.40. The molecular weight excluding hydrogens is 255 g/mol. The van der Waals surface area contributed by atoms with Gasteiger partial charge in [0, 0.05) is 37.0 Å². The first-order chi connectivity index (χ1) is 9.63. The highest BCUT2D eigenvalue weighted by molar-refractivity contribution is 5.56. The van der Waals surface area contributed by atoms with Gasteiger partial charge in [0.2, 0.25) is 0 Å². The minimum Gasteiger partial charge on any atom is -0.376 e. The van der Waals surface area contributed by atoms with Crippen LogP contribution in [0.2, 0.25) is 0 Å². The van der Waals surface area contributed by atoms with Crippen LogP contribution >= 0.6 is 0 Å². The molecule has 1 saturated heterocycles. The van der Waals surface area contributed by atoms with E-state index >= 15 is 0 Å². The highest BCUT2D eigenvalue weighted by Gasteiger charge is 2.24. The second kappa shape index (κ2) is 7.04. The van der Waals surface area contributed by atoms with Crippen molar-refractivity contribution in [3.05, 3.63) is 29.6 Å². The van der Waals surface area contributed by atoms with Gasteiger partial charge in [-0.3, -0.25) is 0 Å². The van der Waals surface area contributed by atoms with E-state index in [-0.39, 0.29) is 18.0 Å². The van der Waals surface area contributed by atoms with Crippen LogP contribution in [0.25, 0.3) is 0 Å². The Morgan fingerprint density at radius 1 is 1.50 bits per heavy atom. The molecule has 20 heavy (non-hydrogen) atoms. The average Bonchev–Trinajstić information content (AvgIpc) is 2.44. The molecule has 1 fully saturated rings. The average molecular weight is 280 g/mol. The summed E-state index contributed by atoms with van der Waals surface area (Å²) in [6.45, 7) is 6.50. The quantitative estimate of drug-likeness (QED) is 0.900. The van der Waals surface area contributed by atoms with Gasteiger partial charge in [-0.1, -0.05) is 13.0 Å². The van der Waals surface area contributed by atoms with Crippen molar-refractivity contribution in [3.8, 4) is 0 Å². The van der Waals surface area contributed by atoms with Crippen molar-refractivity contribution in [3.63, 3.8) is 0 Å². The number of hydrogen-bond acceptors (Lipinski definition) is 3. The minimum atomic E-state index is -0.303. The molecule has 0 amide bonds. The molecule has 0 aromatic heterocycles. The Labute approximate surface area is 120 Å². The highest BCUT2D eigenvalue weighted by Crippen LogP contribution is 2.30. The summed E-state index contributed by atoms with van der Waals surface area (Å²) in [5.74, 6) is -0.214. The Morgan fingerprint density at radius 2 is 2.30 bits per heavy atom. The molecule has 3 nitrogen and oxygen atoms in total. The molecule has 2 atom stereocenters. The standard InChI is InChI=1S/C16H25FN2O/c1-3-10-20-13-6-5-9-19(11-13)15-8-4-7-14(17)16(15)12(2)18/h4,7-8,12-13H,3,5-6,9-11,18H2,1-2H3. The van der Waals surface area contributed by atoms with Gasteiger partial charge in [-0.2, -0.15) is 0 Å². The van der Waals surface area contributed by atoms with E-state index in [1.54, 1.807) is 6.07 Å². The van der Waals surface area contributed by atoms with Crippen LogP contribution in [0, 0.1) is 5.82 Å². The second-order valence-electron chi connectivity index (χ2n) is 5.54. The zero-order chi connectivity index (χ0) is 14.5. The van der Waals surface area contributed by atoms with Crippen molar-refractivity contribution in [2.24, 2.45) is 5.73 Å². The van der Waals surface area contributed by atoms with Crippen LogP contribution in [0.3, 0.4) is 0 Å². The Morgan fingerprint density at radius 3 is 3.00 bits per heavy atom. The molecule has 0 bridgehead atoms. The van der Waals surface area contributed by atoms with E-state index in [1.807, 2.05) is 13.0 Å². The summed E-state index contributed by atoms with van der Waals surface area (Å²) in [6.07, 6.45) is 3.43. The van der Waals surface area contributed by atoms with E-state index in [0.717, 1.165) is 44.6 Å². The van der Waals surface area contributed by atoms with Crippen LogP contribution in [-0.4, -0.2) is 25.8 Å². The van der Waals surface area contributed by atoms with Crippen LogP contribution in [0.1, 0.15) is 44.7 Å². The molecule has 2 N–H and O–H groups in total. The third-order valence-electron chi connectivity index (χ3n) is 3.76. The van der Waals surface area contributed by atoms with Gasteiger partial charge in [0.25, 0.3) is 0 Å². The molecule has 0 radical (unpaired) electrons. The van der Waals surface area contributed by atoms with Crippen LogP contribution < -0.4 is 10.6 Å². The van der Waals surface area contributed by atoms with E-state index in [4.69, 9.17) is 10.5 Å². The van der Waals surface area contributed by atoms with Crippen molar-refractivity contribution in [2.75, 3.05) is 24.6 Å². The Kier molecular flexibility index (Phi) is 5.38. The third-order valence-corrected chi connectivity index (χ3v) is 3.76. The molecule has 0 saturated carbocycles. The molecule has 1 aliphatic rings. The number of benzene rings is 1. The van der Waals surface area contributed by atoms with E-state index in [1.165, 1.54) is 6.07 Å². The van der Waals surface area contributed by atoms with E-state index in [2.05, 4.69) is 11.8 Å². The van der Waals surface area contributed by atoms with Crippen LogP contribution in [0.4, 0.5) is 10.1 Å². The molecule has 1 heterocycles. The number of ether oxygens (including phenoxy) is 1. The number of rotatable bonds is 5. The molecule has 1 aromatic rings. The zero-order valence-electron chi connectivity index (χ0n) is 12.4. The maximum Gasteiger partial charge on any atom is 0.130 e. The maximum absolute atomic E-state index is 14.0. The summed E-state index contributed by atoms with van der Waals surface area (Å²) in [4.78, 5) is 2.21. The van der Waals surface area contributed by atoms with Crippen molar-refractivity contribution >= 4 is 5.69 Å². The smallest absolute Gasteiger partial charge is 0.130 e. The fourth-order valence-corrected chi connectivity index (χ4v) is 2.83. The molecule has 2 unspecified atom stereocenters. The van der Waals surface area contributed by atoms with Gasteiger partial charge >= 0.3 is 0 Å². The Hall–Kier alpha value is -1.13. The summed E-state index contributed by atoms with van der Waals surface area (Å²) < 4.78 is 19.9. The Bertz CT molecular complexity index is 436. The van der Waals surface area contributed by atoms with Crippen molar-refractivity contribution in [2.45, 2.75) is 45.3 Å². The molecule has 112 valence electrons. The van der Waals surface area contributed by atoms with E-state index < -0.39 is 0 Å². The number of nitrogens with two attached hydrogens (primary N) is 1. The van der Waals surface area contributed by atoms with Crippen LogP contribution in [0.5, 0.6) is 0 Å². The maximum atomic E-state index is 14.0. The summed E-state index contributed by atoms with van der Waals surface area (Å²) in [5.41, 5.74) is 7.47. The minimum absolute atomic E-state index is 0.214. The van der Waals surface area contributed by atoms with Gasteiger partial charge < -0.3 is 15.4 Å². The lowest BCUT2D eigenvalue weighted by molar-refractivity contribution is 0.0440. The normalized spacial score (nSPS) is 21.0. The number of halogens is 1. The first-order valence-corrected chi connectivity index (χ1v) is 7.54. The van der Waals surface area contributed by atoms with Gasteiger partial charge in [-0.15, -0.1) is 0 Å². The largest absolute Gasteiger partial charge is 0.376 e. The van der Waals surface area contributed by atoms with Crippen LogP contribution in [-0.2, 0) is 4.74 Å². The second-order valence-corrected chi connectivity index (χ2v) is 5.54. The number of piperidine rings is 1. The highest BCUT2D eigenvalue weighted by atomic mass is 19.1. The van der Waals surface area contributed by atoms with Gasteiger partial charge in [0.1, 0.15) is 5.82 Å². The van der Waals surface area contributed by atoms with Crippen molar-refractivity contribution < 1.29 is 9.13 Å². The van der Waals surface area contributed by atoms with Crippen molar-refractivity contribution in [1.82, 2.24) is 0 Å². The number of anilines is 1. The van der Waals surface area contributed by atoms with E-state index in [0.29, 0.717) is 5.56 Å². The topological polar surface area (TPSA) is 38.5 Å². The molecule has 0 spiro atoms. The van der Waals surface area contributed by atoms with Gasteiger partial charge in [-0.05, 0) is 38.3 Å². The third kappa shape index (κ3) is 3.49. The first kappa shape index (κ1) is 15.3. The van der Waals surface area contributed by atoms with Crippen LogP contribution in [0.15, 0.2) is 18.2 Å². The summed E-state index contributed by atoms with van der Waals surface area (Å²) >= 11 is 0. The monoisotopic (exact) mass is 280 g/mol. The summed E-state index contributed by atoms with van der Waals surface area (Å²) in [6, 6.07) is 4.90. The lowest BCUT2D eigenvalue weighted by Gasteiger charge is -2.36. The molecular formula is C16H25FN2O. The SMILES string of the molecule is CCCOC1CCCN(c2cccc(F)c2C(C)N)C1. The molecule has 1 aliphatic heterocycles.